The van der Waals surface area contributed by atoms with Crippen LogP contribution in [0.15, 0.2) is 18.5 Å². The molecule has 2 N–H and O–H groups in total. The van der Waals surface area contributed by atoms with E-state index in [1.807, 2.05) is 20.2 Å². The predicted molar refractivity (Wildman–Crippen MR) is 65.4 cm³/mol. The van der Waals surface area contributed by atoms with Gasteiger partial charge in [0.15, 0.2) is 0 Å². The third-order valence-corrected chi connectivity index (χ3v) is 2.87. The molecule has 4 nitrogen and oxygen atoms in total. The van der Waals surface area contributed by atoms with Crippen LogP contribution < -0.4 is 10.5 Å². The fourth-order valence-electron chi connectivity index (χ4n) is 1.09. The van der Waals surface area contributed by atoms with Crippen molar-refractivity contribution in [1.82, 2.24) is 9.88 Å². The average molecular weight is 223 g/mol. The molecule has 90 valence electrons. The summed E-state index contributed by atoms with van der Waals surface area (Å²) in [6.07, 6.45) is 3.47. The first kappa shape index (κ1) is 12.9. The number of hydrogen-bond donors (Lipinski definition) is 1. The number of ether oxygens (including phenoxy) is 1. The summed E-state index contributed by atoms with van der Waals surface area (Å²) in [6, 6.07) is 1.86. The van der Waals surface area contributed by atoms with Crippen LogP contribution in [-0.4, -0.2) is 36.1 Å². The summed E-state index contributed by atoms with van der Waals surface area (Å²) < 4.78 is 5.79. The lowest BCUT2D eigenvalue weighted by Gasteiger charge is -2.32. The van der Waals surface area contributed by atoms with Gasteiger partial charge < -0.3 is 15.4 Å². The normalized spacial score (nSPS) is 11.9. The fourth-order valence-corrected chi connectivity index (χ4v) is 1.09. The standard InChI is InChI=1S/C12H21N3O/c1-12(2,15(3)4)9-16-11-5-6-14-8-10(11)7-13/h5-6,8H,7,9,13H2,1-4H3. The Morgan fingerprint density at radius 1 is 1.44 bits per heavy atom. The van der Waals surface area contributed by atoms with E-state index in [-0.39, 0.29) is 5.54 Å². The summed E-state index contributed by atoms with van der Waals surface area (Å²) in [4.78, 5) is 6.16. The quantitative estimate of drug-likeness (QED) is 0.816. The zero-order valence-corrected chi connectivity index (χ0v) is 10.5. The molecule has 0 atom stereocenters. The molecule has 16 heavy (non-hydrogen) atoms. The number of nitrogens with two attached hydrogens (primary N) is 1. The van der Waals surface area contributed by atoms with Crippen LogP contribution in [0.1, 0.15) is 19.4 Å². The van der Waals surface area contributed by atoms with E-state index in [2.05, 4.69) is 23.7 Å². The Hall–Kier alpha value is -1.13. The summed E-state index contributed by atoms with van der Waals surface area (Å²) in [7, 11) is 4.08. The van der Waals surface area contributed by atoms with Gasteiger partial charge in [-0.3, -0.25) is 4.98 Å². The lowest BCUT2D eigenvalue weighted by Crippen LogP contribution is -2.43. The third-order valence-electron chi connectivity index (χ3n) is 2.87. The summed E-state index contributed by atoms with van der Waals surface area (Å²) in [5.74, 6) is 0.826. The maximum absolute atomic E-state index is 5.79. The summed E-state index contributed by atoms with van der Waals surface area (Å²) >= 11 is 0. The van der Waals surface area contributed by atoms with Crippen molar-refractivity contribution < 1.29 is 4.74 Å². The van der Waals surface area contributed by atoms with E-state index in [0.29, 0.717) is 13.2 Å². The molecular weight excluding hydrogens is 202 g/mol. The molecule has 0 radical (unpaired) electrons. The molecule has 0 aromatic carbocycles. The van der Waals surface area contributed by atoms with Crippen LogP contribution >= 0.6 is 0 Å². The van der Waals surface area contributed by atoms with Gasteiger partial charge in [0.05, 0.1) is 0 Å². The number of hydrogen-bond acceptors (Lipinski definition) is 4. The summed E-state index contributed by atoms with van der Waals surface area (Å²) in [5, 5.41) is 0. The van der Waals surface area contributed by atoms with Crippen molar-refractivity contribution in [1.29, 1.82) is 0 Å². The van der Waals surface area contributed by atoms with E-state index < -0.39 is 0 Å². The van der Waals surface area contributed by atoms with E-state index in [1.54, 1.807) is 12.4 Å². The SMILES string of the molecule is CN(C)C(C)(C)COc1ccncc1CN. The molecule has 0 aliphatic carbocycles. The molecule has 0 fully saturated rings. The maximum atomic E-state index is 5.79. The molecule has 0 saturated heterocycles. The number of likely N-dealkylation sites (N-methyl/N-ethyl adjacent to an activating group) is 1. The minimum Gasteiger partial charge on any atom is -0.491 e. The first-order valence-electron chi connectivity index (χ1n) is 5.40. The van der Waals surface area contributed by atoms with Gasteiger partial charge in [-0.1, -0.05) is 0 Å². The van der Waals surface area contributed by atoms with Gasteiger partial charge in [-0.2, -0.15) is 0 Å². The highest BCUT2D eigenvalue weighted by atomic mass is 16.5. The van der Waals surface area contributed by atoms with Crippen molar-refractivity contribution in [2.45, 2.75) is 25.9 Å². The van der Waals surface area contributed by atoms with Gasteiger partial charge in [0.2, 0.25) is 0 Å². The monoisotopic (exact) mass is 223 g/mol. The number of pyridine rings is 1. The van der Waals surface area contributed by atoms with E-state index in [4.69, 9.17) is 10.5 Å². The molecule has 0 bridgehead atoms. The smallest absolute Gasteiger partial charge is 0.126 e. The molecular formula is C12H21N3O. The summed E-state index contributed by atoms with van der Waals surface area (Å²) in [6.45, 7) is 5.34. The van der Waals surface area contributed by atoms with E-state index >= 15 is 0 Å². The molecule has 0 aliphatic rings. The minimum absolute atomic E-state index is 0.00482. The highest BCUT2D eigenvalue weighted by Crippen LogP contribution is 2.19. The van der Waals surface area contributed by atoms with Crippen molar-refractivity contribution >= 4 is 0 Å². The van der Waals surface area contributed by atoms with Crippen molar-refractivity contribution in [3.8, 4) is 5.75 Å². The molecule has 0 saturated carbocycles. The van der Waals surface area contributed by atoms with E-state index in [0.717, 1.165) is 11.3 Å². The van der Waals surface area contributed by atoms with Crippen LogP contribution in [0.5, 0.6) is 5.75 Å². The zero-order chi connectivity index (χ0) is 12.2. The topological polar surface area (TPSA) is 51.4 Å². The average Bonchev–Trinajstić information content (AvgIpc) is 2.26. The first-order chi connectivity index (χ1) is 7.47. The molecule has 1 heterocycles. The molecule has 1 aromatic rings. The Labute approximate surface area is 97.4 Å². The Morgan fingerprint density at radius 3 is 2.69 bits per heavy atom. The number of aromatic nitrogens is 1. The Bertz CT molecular complexity index is 337. The van der Waals surface area contributed by atoms with Crippen LogP contribution in [0.4, 0.5) is 0 Å². The van der Waals surface area contributed by atoms with Gasteiger partial charge in [-0.05, 0) is 34.0 Å². The van der Waals surface area contributed by atoms with Crippen LogP contribution in [0.2, 0.25) is 0 Å². The number of rotatable bonds is 5. The van der Waals surface area contributed by atoms with Crippen molar-refractivity contribution in [3.63, 3.8) is 0 Å². The molecule has 0 amide bonds. The van der Waals surface area contributed by atoms with E-state index in [9.17, 15) is 0 Å². The van der Waals surface area contributed by atoms with Crippen molar-refractivity contribution in [3.05, 3.63) is 24.0 Å². The lowest BCUT2D eigenvalue weighted by atomic mass is 10.1. The molecule has 0 spiro atoms. The second-order valence-electron chi connectivity index (χ2n) is 4.68. The van der Waals surface area contributed by atoms with Gasteiger partial charge in [-0.25, -0.2) is 0 Å². The van der Waals surface area contributed by atoms with Crippen LogP contribution in [-0.2, 0) is 6.54 Å². The fraction of sp³-hybridized carbons (Fsp3) is 0.583. The van der Waals surface area contributed by atoms with Crippen LogP contribution in [0.3, 0.4) is 0 Å². The van der Waals surface area contributed by atoms with Crippen LogP contribution in [0, 0.1) is 0 Å². The van der Waals surface area contributed by atoms with Gasteiger partial charge >= 0.3 is 0 Å². The third kappa shape index (κ3) is 3.18. The summed E-state index contributed by atoms with van der Waals surface area (Å²) in [5.41, 5.74) is 6.56. The molecule has 4 heteroatoms. The Morgan fingerprint density at radius 2 is 2.12 bits per heavy atom. The van der Waals surface area contributed by atoms with E-state index in [1.165, 1.54) is 0 Å². The van der Waals surface area contributed by atoms with Crippen molar-refractivity contribution in [2.24, 2.45) is 5.73 Å². The second kappa shape index (κ2) is 5.27. The minimum atomic E-state index is -0.00482. The van der Waals surface area contributed by atoms with Gasteiger partial charge in [0.25, 0.3) is 0 Å². The predicted octanol–water partition coefficient (Wildman–Crippen LogP) is 1.26. The Kier molecular flexibility index (Phi) is 4.26. The largest absolute Gasteiger partial charge is 0.491 e. The van der Waals surface area contributed by atoms with Gasteiger partial charge in [-0.15, -0.1) is 0 Å². The van der Waals surface area contributed by atoms with Gasteiger partial charge in [0, 0.05) is 30.0 Å². The maximum Gasteiger partial charge on any atom is 0.126 e. The second-order valence-corrected chi connectivity index (χ2v) is 4.68. The molecule has 1 rings (SSSR count). The van der Waals surface area contributed by atoms with Gasteiger partial charge in [0.1, 0.15) is 12.4 Å². The Balaban J connectivity index is 2.67. The molecule has 0 unspecified atom stereocenters. The zero-order valence-electron chi connectivity index (χ0n) is 10.5. The lowest BCUT2D eigenvalue weighted by molar-refractivity contribution is 0.113. The number of nitrogens with zero attached hydrogens (tertiary/aromatic N) is 2. The van der Waals surface area contributed by atoms with Crippen LogP contribution in [0.25, 0.3) is 0 Å². The molecule has 0 aliphatic heterocycles. The highest BCUT2D eigenvalue weighted by Gasteiger charge is 2.21. The first-order valence-corrected chi connectivity index (χ1v) is 5.40. The molecule has 1 aromatic heterocycles. The highest BCUT2D eigenvalue weighted by molar-refractivity contribution is 5.29. The van der Waals surface area contributed by atoms with Crippen molar-refractivity contribution in [2.75, 3.05) is 20.7 Å².